The van der Waals surface area contributed by atoms with Crippen molar-refractivity contribution in [1.82, 2.24) is 0 Å². The van der Waals surface area contributed by atoms with Gasteiger partial charge in [0.15, 0.2) is 0 Å². The largest absolute Gasteiger partial charge is 0.311 e. The summed E-state index contributed by atoms with van der Waals surface area (Å²) in [6.45, 7) is 39.5. The van der Waals surface area contributed by atoms with Crippen molar-refractivity contribution >= 4 is 83.5 Å². The average molecular weight is 955 g/mol. The van der Waals surface area contributed by atoms with Crippen molar-refractivity contribution in [3.8, 4) is 0 Å². The second-order valence-electron chi connectivity index (χ2n) is 28.1. The van der Waals surface area contributed by atoms with E-state index < -0.39 is 0 Å². The Morgan fingerprint density at radius 3 is 1.55 bits per heavy atom. The van der Waals surface area contributed by atoms with Gasteiger partial charge in [-0.15, -0.1) is 11.3 Å². The van der Waals surface area contributed by atoms with Crippen molar-refractivity contribution in [3.05, 3.63) is 141 Å². The third-order valence-electron chi connectivity index (χ3n) is 19.3. The van der Waals surface area contributed by atoms with Gasteiger partial charge in [-0.25, -0.2) is 0 Å². The van der Waals surface area contributed by atoms with Crippen LogP contribution in [0.3, 0.4) is 0 Å². The van der Waals surface area contributed by atoms with E-state index in [1.165, 1.54) is 149 Å². The molecule has 0 fully saturated rings. The SMILES string of the molecule is Cc1cc2c3c(c1)N(c1ccc(C(C)(C)C)cc1)c1c(sc4cc5c(cc14)C(C)(C)CCC5(C)C)B3c1cc3c(cc1N2c1cc2c(cc1C1=CCCC=C1)C(C)(C)CCC2(C)C)C(C)(C)CCC3(C)C. The minimum Gasteiger partial charge on any atom is -0.311 e. The monoisotopic (exact) mass is 955 g/mol. The van der Waals surface area contributed by atoms with Crippen LogP contribution in [0.25, 0.3) is 15.7 Å². The lowest BCUT2D eigenvalue weighted by molar-refractivity contribution is 0.332. The van der Waals surface area contributed by atoms with E-state index in [0.717, 1.165) is 12.8 Å². The van der Waals surface area contributed by atoms with Crippen molar-refractivity contribution in [2.75, 3.05) is 9.80 Å². The summed E-state index contributed by atoms with van der Waals surface area (Å²) in [5.74, 6) is 0. The van der Waals surface area contributed by atoms with Crippen molar-refractivity contribution in [2.45, 2.75) is 200 Å². The molecule has 6 aromatic rings. The fraction of sp³-hybridized carbons (Fsp3) is 0.463. The fourth-order valence-electron chi connectivity index (χ4n) is 14.2. The first kappa shape index (κ1) is 47.2. The summed E-state index contributed by atoms with van der Waals surface area (Å²) < 4.78 is 2.90. The van der Waals surface area contributed by atoms with Crippen LogP contribution in [0.5, 0.6) is 0 Å². The normalized spacial score (nSPS) is 21.4. The summed E-state index contributed by atoms with van der Waals surface area (Å²) in [7, 11) is 0. The molecule has 2 aliphatic heterocycles. The van der Waals surface area contributed by atoms with Gasteiger partial charge >= 0.3 is 0 Å². The maximum absolute atomic E-state index is 2.80. The lowest BCUT2D eigenvalue weighted by Gasteiger charge is -2.48. The first-order valence-corrected chi connectivity index (χ1v) is 28.2. The number of benzene rings is 5. The summed E-state index contributed by atoms with van der Waals surface area (Å²) in [6, 6.07) is 30.9. The van der Waals surface area contributed by atoms with E-state index in [-0.39, 0.29) is 44.6 Å². The molecule has 4 aliphatic carbocycles. The van der Waals surface area contributed by atoms with Gasteiger partial charge in [-0.3, -0.25) is 0 Å². The zero-order chi connectivity index (χ0) is 50.3. The molecule has 3 heterocycles. The first-order chi connectivity index (χ1) is 33.2. The number of anilines is 6. The Hall–Kier alpha value is -4.80. The number of rotatable bonds is 3. The Bertz CT molecular complexity index is 3320. The highest BCUT2D eigenvalue weighted by Crippen LogP contribution is 2.56. The van der Waals surface area contributed by atoms with E-state index in [1.54, 1.807) is 5.56 Å². The first-order valence-electron chi connectivity index (χ1n) is 27.4. The summed E-state index contributed by atoms with van der Waals surface area (Å²) in [6.07, 6.45) is 16.7. The zero-order valence-electron chi connectivity index (χ0n) is 46.2. The Morgan fingerprint density at radius 2 is 1.01 bits per heavy atom. The number of allylic oxidation sites excluding steroid dienone is 4. The van der Waals surface area contributed by atoms with Crippen molar-refractivity contribution in [2.24, 2.45) is 0 Å². The van der Waals surface area contributed by atoms with Crippen LogP contribution in [0.1, 0.15) is 205 Å². The predicted molar refractivity (Wildman–Crippen MR) is 311 cm³/mol. The lowest BCUT2D eigenvalue weighted by Crippen LogP contribution is -2.61. The van der Waals surface area contributed by atoms with Crippen LogP contribution in [0.4, 0.5) is 34.1 Å². The number of hydrogen-bond acceptors (Lipinski definition) is 3. The Labute approximate surface area is 432 Å². The average Bonchev–Trinajstić information content (AvgIpc) is 3.68. The molecule has 2 nitrogen and oxygen atoms in total. The summed E-state index contributed by atoms with van der Waals surface area (Å²) in [5.41, 5.74) is 26.0. The van der Waals surface area contributed by atoms with E-state index in [2.05, 4.69) is 223 Å². The third-order valence-corrected chi connectivity index (χ3v) is 20.5. The van der Waals surface area contributed by atoms with Gasteiger partial charge in [0.25, 0.3) is 6.71 Å². The Balaban J connectivity index is 1.23. The third kappa shape index (κ3) is 7.05. The van der Waals surface area contributed by atoms with Gasteiger partial charge in [0.05, 0.1) is 11.4 Å². The van der Waals surface area contributed by atoms with Gasteiger partial charge in [0.1, 0.15) is 0 Å². The molecular formula is C67H79BN2S. The molecule has 12 rings (SSSR count). The second kappa shape index (κ2) is 15.1. The van der Waals surface area contributed by atoms with Crippen molar-refractivity contribution in [3.63, 3.8) is 0 Å². The van der Waals surface area contributed by atoms with Crippen LogP contribution >= 0.6 is 11.3 Å². The Morgan fingerprint density at radius 1 is 0.521 bits per heavy atom. The standard InChI is InChI=1S/C67H79BN2S/c1-40-32-55-58-56(33-40)70(53-37-49-46(62(5,6)26-29-65(49,11)12)34-44(53)41-20-18-17-19-21-41)54-38-50-48(64(9,10)28-30-66(50,13)14)36-52(54)68(58)60-59(69(55)43-24-22-42(23-25-43)61(2,3)4)45-35-47-51(39-57(45)71-60)67(15,16)31-27-63(47,7)8/h18,20-25,32-39H,17,19,26-31H2,1-16H3. The smallest absolute Gasteiger partial charge is 0.264 e. The van der Waals surface area contributed by atoms with Gasteiger partial charge in [-0.05, 0) is 212 Å². The van der Waals surface area contributed by atoms with E-state index in [0.29, 0.717) is 0 Å². The van der Waals surface area contributed by atoms with E-state index >= 15 is 0 Å². The molecule has 1 aromatic heterocycles. The molecule has 0 saturated heterocycles. The number of fused-ring (bicyclic) bond motifs is 9. The van der Waals surface area contributed by atoms with Gasteiger partial charge in [0.2, 0.25) is 0 Å². The second-order valence-corrected chi connectivity index (χ2v) is 29.2. The highest BCUT2D eigenvalue weighted by Gasteiger charge is 2.50. The number of thiophene rings is 1. The van der Waals surface area contributed by atoms with E-state index in [1.807, 2.05) is 0 Å². The molecular weight excluding hydrogens is 876 g/mol. The van der Waals surface area contributed by atoms with Crippen LogP contribution in [0.15, 0.2) is 91.0 Å². The van der Waals surface area contributed by atoms with Gasteiger partial charge in [0, 0.05) is 43.2 Å². The Kier molecular flexibility index (Phi) is 10.1. The molecule has 0 saturated carbocycles. The molecule has 4 heteroatoms. The van der Waals surface area contributed by atoms with Crippen LogP contribution in [0, 0.1) is 6.92 Å². The molecule has 0 atom stereocenters. The fourth-order valence-corrected chi connectivity index (χ4v) is 15.5. The minimum atomic E-state index is 0.0486. The summed E-state index contributed by atoms with van der Waals surface area (Å²) >= 11 is 2.09. The number of hydrogen-bond donors (Lipinski definition) is 0. The topological polar surface area (TPSA) is 6.48 Å². The zero-order valence-corrected chi connectivity index (χ0v) is 47.0. The highest BCUT2D eigenvalue weighted by molar-refractivity contribution is 7.33. The molecule has 71 heavy (non-hydrogen) atoms. The molecule has 0 amide bonds. The van der Waals surface area contributed by atoms with Gasteiger partial charge in [-0.1, -0.05) is 140 Å². The summed E-state index contributed by atoms with van der Waals surface area (Å²) in [5, 5.41) is 1.41. The van der Waals surface area contributed by atoms with Crippen LogP contribution < -0.4 is 25.5 Å². The molecule has 0 radical (unpaired) electrons. The summed E-state index contributed by atoms with van der Waals surface area (Å²) in [4.78, 5) is 5.52. The predicted octanol–water partition coefficient (Wildman–Crippen LogP) is 17.4. The molecule has 0 bridgehead atoms. The minimum absolute atomic E-state index is 0.0486. The maximum Gasteiger partial charge on any atom is 0.264 e. The molecule has 6 aliphatic rings. The van der Waals surface area contributed by atoms with Gasteiger partial charge < -0.3 is 9.80 Å². The number of nitrogens with zero attached hydrogens (tertiary/aromatic N) is 2. The molecule has 0 spiro atoms. The highest BCUT2D eigenvalue weighted by atomic mass is 32.1. The maximum atomic E-state index is 2.80. The van der Waals surface area contributed by atoms with Gasteiger partial charge in [-0.2, -0.15) is 0 Å². The quantitative estimate of drug-likeness (QED) is 0.163. The van der Waals surface area contributed by atoms with E-state index in [4.69, 9.17) is 0 Å². The van der Waals surface area contributed by atoms with Crippen molar-refractivity contribution < 1.29 is 0 Å². The van der Waals surface area contributed by atoms with E-state index in [9.17, 15) is 0 Å². The van der Waals surface area contributed by atoms with Crippen LogP contribution in [-0.2, 0) is 37.9 Å². The molecule has 366 valence electrons. The molecule has 5 aromatic carbocycles. The molecule has 0 unspecified atom stereocenters. The molecule has 0 N–H and O–H groups in total. The van der Waals surface area contributed by atoms with Crippen LogP contribution in [0.2, 0.25) is 0 Å². The lowest BCUT2D eigenvalue weighted by atomic mass is 9.35. The van der Waals surface area contributed by atoms with Crippen molar-refractivity contribution in [1.29, 1.82) is 0 Å². The van der Waals surface area contributed by atoms with Crippen LogP contribution in [-0.4, -0.2) is 6.71 Å². The number of aryl methyl sites for hydroxylation is 1.